The van der Waals surface area contributed by atoms with E-state index < -0.39 is 0 Å². The van der Waals surface area contributed by atoms with Gasteiger partial charge in [0.05, 0.1) is 6.04 Å². The van der Waals surface area contributed by atoms with Crippen molar-refractivity contribution in [2.24, 2.45) is 11.1 Å². The van der Waals surface area contributed by atoms with E-state index in [1.165, 1.54) is 25.9 Å². The number of likely N-dealkylation sites (tertiary alicyclic amines) is 2. The molecule has 0 saturated carbocycles. The second-order valence-corrected chi connectivity index (χ2v) is 6.81. The lowest BCUT2D eigenvalue weighted by molar-refractivity contribution is -0.134. The number of carbonyl (C=O) groups is 1. The van der Waals surface area contributed by atoms with E-state index in [1.807, 2.05) is 25.7 Å². The van der Waals surface area contributed by atoms with Gasteiger partial charge in [0, 0.05) is 19.1 Å². The Morgan fingerprint density at radius 2 is 1.83 bits per heavy atom. The van der Waals surface area contributed by atoms with Gasteiger partial charge in [-0.1, -0.05) is 20.8 Å². The van der Waals surface area contributed by atoms with E-state index >= 15 is 0 Å². The van der Waals surface area contributed by atoms with E-state index in [4.69, 9.17) is 5.73 Å². The first-order chi connectivity index (χ1) is 8.39. The highest BCUT2D eigenvalue weighted by Crippen LogP contribution is 2.24. The summed E-state index contributed by atoms with van der Waals surface area (Å²) in [6.45, 7) is 10.3. The predicted octanol–water partition coefficient (Wildman–Crippen LogP) is 1.06. The maximum atomic E-state index is 12.3. The molecule has 18 heavy (non-hydrogen) atoms. The summed E-state index contributed by atoms with van der Waals surface area (Å²) < 4.78 is 0. The molecular weight excluding hydrogens is 226 g/mol. The molecule has 104 valence electrons. The zero-order valence-electron chi connectivity index (χ0n) is 12.0. The molecule has 2 N–H and O–H groups in total. The average molecular weight is 253 g/mol. The first-order valence-corrected chi connectivity index (χ1v) is 7.18. The summed E-state index contributed by atoms with van der Waals surface area (Å²) in [5.74, 6) is 0.129. The zero-order chi connectivity index (χ0) is 13.3. The van der Waals surface area contributed by atoms with Gasteiger partial charge in [0.25, 0.3) is 0 Å². The van der Waals surface area contributed by atoms with Gasteiger partial charge in [-0.05, 0) is 37.8 Å². The van der Waals surface area contributed by atoms with Gasteiger partial charge in [-0.15, -0.1) is 0 Å². The Morgan fingerprint density at radius 3 is 2.39 bits per heavy atom. The van der Waals surface area contributed by atoms with Crippen molar-refractivity contribution in [3.8, 4) is 0 Å². The summed E-state index contributed by atoms with van der Waals surface area (Å²) in [7, 11) is 0. The SMILES string of the molecule is CC(C)(C)C(N)C(=O)N1CCC(N2CCCC2)C1. The lowest BCUT2D eigenvalue weighted by atomic mass is 9.86. The molecule has 0 aromatic rings. The molecule has 4 heteroatoms. The van der Waals surface area contributed by atoms with E-state index in [2.05, 4.69) is 4.90 Å². The fourth-order valence-electron chi connectivity index (χ4n) is 2.91. The normalized spacial score (nSPS) is 27.8. The maximum absolute atomic E-state index is 12.3. The lowest BCUT2D eigenvalue weighted by Crippen LogP contribution is -2.50. The highest BCUT2D eigenvalue weighted by molar-refractivity contribution is 5.82. The Kier molecular flexibility index (Phi) is 3.97. The van der Waals surface area contributed by atoms with Crippen molar-refractivity contribution in [2.75, 3.05) is 26.2 Å². The largest absolute Gasteiger partial charge is 0.340 e. The fraction of sp³-hybridized carbons (Fsp3) is 0.929. The summed E-state index contributed by atoms with van der Waals surface area (Å²) in [5.41, 5.74) is 5.92. The number of nitrogens with zero attached hydrogens (tertiary/aromatic N) is 2. The molecule has 0 radical (unpaired) electrons. The minimum Gasteiger partial charge on any atom is -0.340 e. The molecule has 0 aromatic heterocycles. The molecule has 0 aliphatic carbocycles. The minimum atomic E-state index is -0.380. The summed E-state index contributed by atoms with van der Waals surface area (Å²) in [6.07, 6.45) is 3.74. The third-order valence-electron chi connectivity index (χ3n) is 4.33. The highest BCUT2D eigenvalue weighted by atomic mass is 16.2. The molecule has 2 unspecified atom stereocenters. The van der Waals surface area contributed by atoms with Crippen LogP contribution in [0, 0.1) is 5.41 Å². The van der Waals surface area contributed by atoms with Crippen LogP contribution < -0.4 is 5.73 Å². The second kappa shape index (κ2) is 5.17. The highest BCUT2D eigenvalue weighted by Gasteiger charge is 2.36. The van der Waals surface area contributed by atoms with Crippen LogP contribution in [0.3, 0.4) is 0 Å². The number of hydrogen-bond donors (Lipinski definition) is 1. The topological polar surface area (TPSA) is 49.6 Å². The molecule has 2 saturated heterocycles. The molecule has 4 nitrogen and oxygen atoms in total. The Morgan fingerprint density at radius 1 is 1.22 bits per heavy atom. The van der Waals surface area contributed by atoms with Crippen LogP contribution in [0.5, 0.6) is 0 Å². The Hall–Kier alpha value is -0.610. The van der Waals surface area contributed by atoms with Crippen molar-refractivity contribution >= 4 is 5.91 Å². The van der Waals surface area contributed by atoms with Gasteiger partial charge < -0.3 is 10.6 Å². The van der Waals surface area contributed by atoms with Crippen LogP contribution in [0.15, 0.2) is 0 Å². The van der Waals surface area contributed by atoms with Gasteiger partial charge >= 0.3 is 0 Å². The predicted molar refractivity (Wildman–Crippen MR) is 73.2 cm³/mol. The smallest absolute Gasteiger partial charge is 0.240 e. The molecule has 1 amide bonds. The van der Waals surface area contributed by atoms with Crippen molar-refractivity contribution < 1.29 is 4.79 Å². The van der Waals surface area contributed by atoms with Gasteiger partial charge in [0.2, 0.25) is 5.91 Å². The van der Waals surface area contributed by atoms with Crippen LogP contribution >= 0.6 is 0 Å². The number of rotatable bonds is 2. The standard InChI is InChI=1S/C14H27N3O/c1-14(2,3)12(15)13(18)17-9-6-11(10-17)16-7-4-5-8-16/h11-12H,4-10,15H2,1-3H3. The van der Waals surface area contributed by atoms with Crippen LogP contribution in [0.2, 0.25) is 0 Å². The Bertz CT molecular complexity index is 305. The molecule has 2 atom stereocenters. The Labute approximate surface area is 110 Å². The number of hydrogen-bond acceptors (Lipinski definition) is 3. The summed E-state index contributed by atoms with van der Waals surface area (Å²) >= 11 is 0. The average Bonchev–Trinajstić information content (AvgIpc) is 2.95. The van der Waals surface area contributed by atoms with Crippen LogP contribution in [-0.4, -0.2) is 54.0 Å². The van der Waals surface area contributed by atoms with Crippen molar-refractivity contribution in [3.63, 3.8) is 0 Å². The van der Waals surface area contributed by atoms with Gasteiger partial charge in [0.1, 0.15) is 0 Å². The number of carbonyl (C=O) groups excluding carboxylic acids is 1. The van der Waals surface area contributed by atoms with Crippen molar-refractivity contribution in [1.82, 2.24) is 9.80 Å². The minimum absolute atomic E-state index is 0.129. The van der Waals surface area contributed by atoms with Crippen molar-refractivity contribution in [1.29, 1.82) is 0 Å². The van der Waals surface area contributed by atoms with Gasteiger partial charge in [-0.3, -0.25) is 9.69 Å². The zero-order valence-corrected chi connectivity index (χ0v) is 12.0. The van der Waals surface area contributed by atoms with Crippen LogP contribution in [0.25, 0.3) is 0 Å². The fourth-order valence-corrected chi connectivity index (χ4v) is 2.91. The molecule has 2 heterocycles. The van der Waals surface area contributed by atoms with E-state index in [9.17, 15) is 4.79 Å². The van der Waals surface area contributed by atoms with Gasteiger partial charge in [-0.25, -0.2) is 0 Å². The maximum Gasteiger partial charge on any atom is 0.240 e. The van der Waals surface area contributed by atoms with E-state index in [-0.39, 0.29) is 17.4 Å². The van der Waals surface area contributed by atoms with Crippen LogP contribution in [-0.2, 0) is 4.79 Å². The third kappa shape index (κ3) is 2.86. The molecule has 2 rings (SSSR count). The molecule has 2 fully saturated rings. The van der Waals surface area contributed by atoms with Crippen LogP contribution in [0.4, 0.5) is 0 Å². The second-order valence-electron chi connectivity index (χ2n) is 6.81. The van der Waals surface area contributed by atoms with Crippen molar-refractivity contribution in [3.05, 3.63) is 0 Å². The number of amides is 1. The van der Waals surface area contributed by atoms with Gasteiger partial charge in [0.15, 0.2) is 0 Å². The van der Waals surface area contributed by atoms with Crippen LogP contribution in [0.1, 0.15) is 40.0 Å². The summed E-state index contributed by atoms with van der Waals surface area (Å²) in [6, 6.07) is 0.193. The molecule has 0 aromatic carbocycles. The molecule has 2 aliphatic heterocycles. The third-order valence-corrected chi connectivity index (χ3v) is 4.33. The summed E-state index contributed by atoms with van der Waals surface area (Å²) in [4.78, 5) is 16.8. The molecular formula is C14H27N3O. The lowest BCUT2D eigenvalue weighted by Gasteiger charge is -2.30. The van der Waals surface area contributed by atoms with E-state index in [1.54, 1.807) is 0 Å². The quantitative estimate of drug-likeness (QED) is 0.800. The van der Waals surface area contributed by atoms with E-state index in [0.717, 1.165) is 19.5 Å². The summed E-state index contributed by atoms with van der Waals surface area (Å²) in [5, 5.41) is 0. The number of nitrogens with two attached hydrogens (primary N) is 1. The van der Waals surface area contributed by atoms with Gasteiger partial charge in [-0.2, -0.15) is 0 Å². The van der Waals surface area contributed by atoms with Crippen molar-refractivity contribution in [2.45, 2.75) is 52.1 Å². The molecule has 0 spiro atoms. The first-order valence-electron chi connectivity index (χ1n) is 7.18. The van der Waals surface area contributed by atoms with E-state index in [0.29, 0.717) is 6.04 Å². The Balaban J connectivity index is 1.90. The molecule has 0 bridgehead atoms. The molecule has 2 aliphatic rings. The monoisotopic (exact) mass is 253 g/mol. The first kappa shape index (κ1) is 13.8.